The summed E-state index contributed by atoms with van der Waals surface area (Å²) in [6.45, 7) is 4.62. The summed E-state index contributed by atoms with van der Waals surface area (Å²) in [5.74, 6) is 0.690. The highest BCUT2D eigenvalue weighted by molar-refractivity contribution is 6.09. The maximum Gasteiger partial charge on any atom is 0.0503 e. The highest BCUT2D eigenvalue weighted by Crippen LogP contribution is 2.41. The van der Waals surface area contributed by atoms with Crippen LogP contribution in [0.2, 0.25) is 0 Å². The number of hydrogen-bond acceptors (Lipinski definition) is 0. The zero-order valence-electron chi connectivity index (χ0n) is 10.9. The van der Waals surface area contributed by atoms with Gasteiger partial charge in [-0.25, -0.2) is 0 Å². The lowest BCUT2D eigenvalue weighted by Gasteiger charge is -2.09. The molecule has 18 heavy (non-hydrogen) atoms. The second kappa shape index (κ2) is 3.38. The Balaban J connectivity index is 2.24. The van der Waals surface area contributed by atoms with Crippen LogP contribution in [0.3, 0.4) is 0 Å². The summed E-state index contributed by atoms with van der Waals surface area (Å²) in [5.41, 5.74) is 7.26. The molecule has 0 amide bonds. The molecule has 1 heteroatoms. The summed E-state index contributed by atoms with van der Waals surface area (Å²) >= 11 is 0. The number of nitrogens with one attached hydrogen (secondary N) is 1. The molecule has 0 saturated heterocycles. The largest absolute Gasteiger partial charge is 0.354 e. The lowest BCUT2D eigenvalue weighted by Crippen LogP contribution is -1.91. The third-order valence-corrected chi connectivity index (χ3v) is 4.50. The molecule has 1 heterocycles. The van der Waals surface area contributed by atoms with Crippen molar-refractivity contribution in [1.29, 1.82) is 0 Å². The first-order valence-electron chi connectivity index (χ1n) is 6.78. The van der Waals surface area contributed by atoms with E-state index in [1.165, 1.54) is 40.2 Å². The molecule has 0 fully saturated rings. The summed E-state index contributed by atoms with van der Waals surface area (Å²) < 4.78 is 0. The van der Waals surface area contributed by atoms with E-state index in [4.69, 9.17) is 0 Å². The molecule has 1 aromatic heterocycles. The fourth-order valence-electron chi connectivity index (χ4n) is 3.57. The first kappa shape index (κ1) is 10.2. The fraction of sp³-hybridized carbons (Fsp3) is 0.294. The summed E-state index contributed by atoms with van der Waals surface area (Å²) in [7, 11) is 0. The third-order valence-electron chi connectivity index (χ3n) is 4.50. The normalized spacial score (nSPS) is 18.7. The predicted octanol–water partition coefficient (Wildman–Crippen LogP) is 4.68. The molecular formula is C17H17N. The lowest BCUT2D eigenvalue weighted by molar-refractivity contribution is 0.749. The Morgan fingerprint density at radius 2 is 2.00 bits per heavy atom. The van der Waals surface area contributed by atoms with Crippen LogP contribution in [0, 0.1) is 6.92 Å². The van der Waals surface area contributed by atoms with E-state index >= 15 is 0 Å². The van der Waals surface area contributed by atoms with Gasteiger partial charge in [-0.05, 0) is 54.5 Å². The van der Waals surface area contributed by atoms with Crippen LogP contribution in [0.15, 0.2) is 30.3 Å². The van der Waals surface area contributed by atoms with E-state index in [-0.39, 0.29) is 0 Å². The third kappa shape index (κ3) is 1.17. The van der Waals surface area contributed by atoms with Crippen molar-refractivity contribution in [3.05, 3.63) is 47.0 Å². The zero-order valence-corrected chi connectivity index (χ0v) is 10.9. The van der Waals surface area contributed by atoms with Gasteiger partial charge in [0, 0.05) is 16.3 Å². The number of fused-ring (bicyclic) bond motifs is 5. The Morgan fingerprint density at radius 3 is 2.89 bits per heavy atom. The molecule has 1 N–H and O–H groups in total. The average Bonchev–Trinajstić information content (AvgIpc) is 2.92. The molecule has 2 aromatic carbocycles. The predicted molar refractivity (Wildman–Crippen MR) is 77.3 cm³/mol. The van der Waals surface area contributed by atoms with Crippen molar-refractivity contribution in [3.63, 3.8) is 0 Å². The minimum atomic E-state index is 0.690. The highest BCUT2D eigenvalue weighted by Gasteiger charge is 2.24. The number of para-hydroxylation sites is 1. The summed E-state index contributed by atoms with van der Waals surface area (Å²) in [6.07, 6.45) is 2.54. The Hall–Kier alpha value is -1.76. The molecule has 3 aromatic rings. The molecule has 0 bridgehead atoms. The van der Waals surface area contributed by atoms with Crippen LogP contribution in [0.25, 0.3) is 21.8 Å². The number of H-pyrrole nitrogens is 1. The monoisotopic (exact) mass is 235 g/mol. The smallest absolute Gasteiger partial charge is 0.0503 e. The van der Waals surface area contributed by atoms with Crippen molar-refractivity contribution in [2.75, 3.05) is 0 Å². The van der Waals surface area contributed by atoms with Crippen molar-refractivity contribution in [3.8, 4) is 0 Å². The van der Waals surface area contributed by atoms with Crippen LogP contribution < -0.4 is 0 Å². The van der Waals surface area contributed by atoms with E-state index in [1.807, 2.05) is 0 Å². The summed E-state index contributed by atoms with van der Waals surface area (Å²) in [6, 6.07) is 11.0. The number of benzene rings is 2. The molecular weight excluding hydrogens is 218 g/mol. The van der Waals surface area contributed by atoms with Gasteiger partial charge in [0.1, 0.15) is 0 Å². The molecule has 0 radical (unpaired) electrons. The van der Waals surface area contributed by atoms with Crippen LogP contribution in [-0.4, -0.2) is 4.98 Å². The fourth-order valence-corrected chi connectivity index (χ4v) is 3.57. The number of rotatable bonds is 0. The van der Waals surface area contributed by atoms with Gasteiger partial charge >= 0.3 is 0 Å². The first-order valence-corrected chi connectivity index (χ1v) is 6.78. The molecule has 0 aliphatic heterocycles. The van der Waals surface area contributed by atoms with Gasteiger partial charge in [0.2, 0.25) is 0 Å². The maximum atomic E-state index is 3.64. The second-order valence-electron chi connectivity index (χ2n) is 5.62. The van der Waals surface area contributed by atoms with Crippen LogP contribution >= 0.6 is 0 Å². The van der Waals surface area contributed by atoms with Gasteiger partial charge < -0.3 is 4.98 Å². The van der Waals surface area contributed by atoms with Gasteiger partial charge in [0.15, 0.2) is 0 Å². The molecule has 90 valence electrons. The number of aromatic nitrogens is 1. The Labute approximate surface area is 107 Å². The molecule has 1 aliphatic rings. The van der Waals surface area contributed by atoms with E-state index in [0.717, 1.165) is 0 Å². The second-order valence-corrected chi connectivity index (χ2v) is 5.62. The number of aryl methyl sites for hydroxylation is 1. The lowest BCUT2D eigenvalue weighted by atomic mass is 9.96. The average molecular weight is 235 g/mol. The number of hydrogen-bond donors (Lipinski definition) is 1. The topological polar surface area (TPSA) is 15.8 Å². The van der Waals surface area contributed by atoms with Crippen molar-refractivity contribution in [1.82, 2.24) is 4.98 Å². The standard InChI is InChI=1S/C17H17N/c1-10-7-8-12-11(2)9-14-13-5-3-4-6-15(13)18-17(14)16(10)12/h3-6,9-10,18H,7-8H2,1-2H3/t10-/m1/s1. The molecule has 1 atom stereocenters. The minimum absolute atomic E-state index is 0.690. The van der Waals surface area contributed by atoms with Gasteiger partial charge in [-0.15, -0.1) is 0 Å². The first-order chi connectivity index (χ1) is 8.75. The molecule has 0 saturated carbocycles. The molecule has 1 nitrogen and oxygen atoms in total. The molecule has 1 aliphatic carbocycles. The van der Waals surface area contributed by atoms with E-state index in [0.29, 0.717) is 5.92 Å². The van der Waals surface area contributed by atoms with E-state index in [2.05, 4.69) is 49.2 Å². The van der Waals surface area contributed by atoms with Gasteiger partial charge in [-0.2, -0.15) is 0 Å². The Morgan fingerprint density at radius 1 is 1.17 bits per heavy atom. The number of aromatic amines is 1. The summed E-state index contributed by atoms with van der Waals surface area (Å²) in [5, 5.41) is 2.76. The van der Waals surface area contributed by atoms with Crippen molar-refractivity contribution in [2.24, 2.45) is 0 Å². The van der Waals surface area contributed by atoms with Crippen molar-refractivity contribution >= 4 is 21.8 Å². The summed E-state index contributed by atoms with van der Waals surface area (Å²) in [4.78, 5) is 3.64. The maximum absolute atomic E-state index is 3.64. The van der Waals surface area contributed by atoms with Gasteiger partial charge in [0.25, 0.3) is 0 Å². The van der Waals surface area contributed by atoms with E-state index in [1.54, 1.807) is 11.1 Å². The van der Waals surface area contributed by atoms with Gasteiger partial charge in [0.05, 0.1) is 5.52 Å². The Kier molecular flexibility index (Phi) is 1.91. The van der Waals surface area contributed by atoms with E-state index in [9.17, 15) is 0 Å². The van der Waals surface area contributed by atoms with Crippen LogP contribution in [-0.2, 0) is 6.42 Å². The Bertz CT molecular complexity index is 764. The zero-order chi connectivity index (χ0) is 12.3. The van der Waals surface area contributed by atoms with Crippen LogP contribution in [0.5, 0.6) is 0 Å². The SMILES string of the molecule is Cc1cc2c([nH]c3ccccc32)c2c1CC[C@H]2C. The van der Waals surface area contributed by atoms with Crippen molar-refractivity contribution < 1.29 is 0 Å². The van der Waals surface area contributed by atoms with Crippen molar-refractivity contribution in [2.45, 2.75) is 32.6 Å². The highest BCUT2D eigenvalue weighted by atomic mass is 14.7. The van der Waals surface area contributed by atoms with Crippen LogP contribution in [0.4, 0.5) is 0 Å². The minimum Gasteiger partial charge on any atom is -0.354 e. The van der Waals surface area contributed by atoms with Gasteiger partial charge in [-0.1, -0.05) is 25.1 Å². The molecule has 0 unspecified atom stereocenters. The molecule has 0 spiro atoms. The van der Waals surface area contributed by atoms with Gasteiger partial charge in [-0.3, -0.25) is 0 Å². The van der Waals surface area contributed by atoms with E-state index < -0.39 is 0 Å². The molecule has 4 rings (SSSR count). The quantitative estimate of drug-likeness (QED) is 0.582. The van der Waals surface area contributed by atoms with Crippen LogP contribution in [0.1, 0.15) is 36.0 Å².